The third-order valence-corrected chi connectivity index (χ3v) is 5.83. The third kappa shape index (κ3) is 5.49. The molecule has 2 heterocycles. The summed E-state index contributed by atoms with van der Waals surface area (Å²) in [5.41, 5.74) is 2.30. The van der Waals surface area contributed by atoms with Gasteiger partial charge >= 0.3 is 0 Å². The van der Waals surface area contributed by atoms with E-state index in [9.17, 15) is 0 Å². The summed E-state index contributed by atoms with van der Waals surface area (Å²) >= 11 is 0. The van der Waals surface area contributed by atoms with E-state index in [2.05, 4.69) is 87.7 Å². The lowest BCUT2D eigenvalue weighted by Gasteiger charge is -2.38. The van der Waals surface area contributed by atoms with E-state index in [0.717, 1.165) is 48.9 Å². The number of hydrogen-bond acceptors (Lipinski definition) is 3. The van der Waals surface area contributed by atoms with Crippen LogP contribution in [0.15, 0.2) is 72.0 Å². The molecule has 0 spiro atoms. The van der Waals surface area contributed by atoms with Crippen molar-refractivity contribution >= 4 is 5.96 Å². The first kappa shape index (κ1) is 21.9. The smallest absolute Gasteiger partial charge is 0.191 e. The molecule has 0 saturated carbocycles. The Morgan fingerprint density at radius 2 is 1.94 bits per heavy atom. The molecule has 2 aromatic carbocycles. The largest absolute Gasteiger partial charge is 0.487 e. The number of nitrogens with one attached hydrogen (secondary N) is 2. The Kier molecular flexibility index (Phi) is 6.78. The molecule has 4 rings (SSSR count). The maximum absolute atomic E-state index is 6.16. The van der Waals surface area contributed by atoms with Crippen molar-refractivity contribution in [2.45, 2.75) is 57.8 Å². The van der Waals surface area contributed by atoms with E-state index >= 15 is 0 Å². The molecule has 6 nitrogen and oxygen atoms in total. The van der Waals surface area contributed by atoms with Crippen LogP contribution < -0.4 is 15.4 Å². The zero-order chi connectivity index (χ0) is 22.4. The second-order valence-corrected chi connectivity index (χ2v) is 8.85. The van der Waals surface area contributed by atoms with Crippen LogP contribution in [0.3, 0.4) is 0 Å². The molecule has 0 bridgehead atoms. The lowest BCUT2D eigenvalue weighted by Crippen LogP contribution is -2.45. The quantitative estimate of drug-likeness (QED) is 0.428. The van der Waals surface area contributed by atoms with Crippen LogP contribution in [0.2, 0.25) is 0 Å². The number of ether oxygens (including phenoxy) is 1. The fraction of sp³-hybridized carbons (Fsp3) is 0.385. The van der Waals surface area contributed by atoms with Gasteiger partial charge < -0.3 is 19.9 Å². The average Bonchev–Trinajstić information content (AvgIpc) is 3.23. The standard InChI is InChI=1S/C26H33N5O/c1-26(2)18-22(21-13-7-8-14-23(21)32-26)30-25(27-3)29-19-24-28-15-17-31(24)16-9-12-20-10-5-4-6-11-20/h4-8,10-11,13-15,17,22H,9,12,16,18-19H2,1-3H3,(H2,27,29,30). The van der Waals surface area contributed by atoms with Crippen molar-refractivity contribution in [1.29, 1.82) is 0 Å². The second kappa shape index (κ2) is 9.90. The minimum atomic E-state index is -0.236. The zero-order valence-electron chi connectivity index (χ0n) is 19.2. The van der Waals surface area contributed by atoms with Gasteiger partial charge in [-0.15, -0.1) is 0 Å². The summed E-state index contributed by atoms with van der Waals surface area (Å²) in [6.45, 7) is 5.81. The highest BCUT2D eigenvalue weighted by molar-refractivity contribution is 5.80. The average molecular weight is 432 g/mol. The van der Waals surface area contributed by atoms with Gasteiger partial charge in [-0.25, -0.2) is 4.98 Å². The number of aliphatic imine (C=N–C) groups is 1. The Hall–Kier alpha value is -3.28. The van der Waals surface area contributed by atoms with Crippen molar-refractivity contribution in [3.63, 3.8) is 0 Å². The molecule has 3 aromatic rings. The SMILES string of the molecule is CN=C(NCc1nccn1CCCc1ccccc1)NC1CC(C)(C)Oc2ccccc21. The molecule has 0 saturated heterocycles. The van der Waals surface area contributed by atoms with Crippen LogP contribution in [0.1, 0.15) is 49.7 Å². The molecule has 0 fully saturated rings. The Balaban J connectivity index is 1.34. The highest BCUT2D eigenvalue weighted by Gasteiger charge is 2.33. The zero-order valence-corrected chi connectivity index (χ0v) is 19.2. The van der Waals surface area contributed by atoms with Crippen LogP contribution in [0.5, 0.6) is 5.75 Å². The molecule has 1 aliphatic heterocycles. The van der Waals surface area contributed by atoms with Crippen molar-refractivity contribution in [1.82, 2.24) is 20.2 Å². The van der Waals surface area contributed by atoms with E-state index in [1.807, 2.05) is 18.3 Å². The summed E-state index contributed by atoms with van der Waals surface area (Å²) in [7, 11) is 1.80. The van der Waals surface area contributed by atoms with E-state index in [0.29, 0.717) is 6.54 Å². The first-order valence-corrected chi connectivity index (χ1v) is 11.3. The van der Waals surface area contributed by atoms with Gasteiger partial charge in [0.25, 0.3) is 0 Å². The molecule has 1 aromatic heterocycles. The number of nitrogens with zero attached hydrogens (tertiary/aromatic N) is 3. The van der Waals surface area contributed by atoms with Crippen LogP contribution in [-0.4, -0.2) is 28.2 Å². The lowest BCUT2D eigenvalue weighted by molar-refractivity contribution is 0.0694. The topological polar surface area (TPSA) is 63.5 Å². The molecule has 1 atom stereocenters. The van der Waals surface area contributed by atoms with Gasteiger partial charge in [0.15, 0.2) is 5.96 Å². The van der Waals surface area contributed by atoms with E-state index in [1.54, 1.807) is 7.05 Å². The molecule has 2 N–H and O–H groups in total. The Labute approximate surface area is 190 Å². The monoisotopic (exact) mass is 431 g/mol. The maximum Gasteiger partial charge on any atom is 0.191 e. The number of guanidine groups is 1. The maximum atomic E-state index is 6.16. The molecule has 0 radical (unpaired) electrons. The number of imidazole rings is 1. The molecular weight excluding hydrogens is 398 g/mol. The Morgan fingerprint density at radius 1 is 1.16 bits per heavy atom. The molecule has 0 aliphatic carbocycles. The van der Waals surface area contributed by atoms with Gasteiger partial charge in [-0.3, -0.25) is 4.99 Å². The number of para-hydroxylation sites is 1. The van der Waals surface area contributed by atoms with Crippen LogP contribution in [-0.2, 0) is 19.5 Å². The number of hydrogen-bond donors (Lipinski definition) is 2. The fourth-order valence-corrected chi connectivity index (χ4v) is 4.26. The number of fused-ring (bicyclic) bond motifs is 1. The van der Waals surface area contributed by atoms with Crippen molar-refractivity contribution < 1.29 is 4.74 Å². The van der Waals surface area contributed by atoms with Gasteiger partial charge in [0.05, 0.1) is 12.6 Å². The highest BCUT2D eigenvalue weighted by Crippen LogP contribution is 2.39. The molecule has 6 heteroatoms. The summed E-state index contributed by atoms with van der Waals surface area (Å²) in [6.07, 6.45) is 6.92. The third-order valence-electron chi connectivity index (χ3n) is 5.83. The van der Waals surface area contributed by atoms with E-state index < -0.39 is 0 Å². The summed E-state index contributed by atoms with van der Waals surface area (Å²) in [5, 5.41) is 7.03. The number of rotatable bonds is 7. The van der Waals surface area contributed by atoms with E-state index in [4.69, 9.17) is 4.74 Å². The van der Waals surface area contributed by atoms with Crippen molar-refractivity contribution in [2.24, 2.45) is 4.99 Å². The molecule has 1 aliphatic rings. The van der Waals surface area contributed by atoms with Gasteiger partial charge in [-0.2, -0.15) is 0 Å². The molecular formula is C26H33N5O. The number of aromatic nitrogens is 2. The van der Waals surface area contributed by atoms with Crippen LogP contribution in [0.4, 0.5) is 0 Å². The van der Waals surface area contributed by atoms with Crippen molar-refractivity contribution in [2.75, 3.05) is 7.05 Å². The summed E-state index contributed by atoms with van der Waals surface area (Å²) in [4.78, 5) is 9.00. The first-order chi connectivity index (χ1) is 15.5. The molecule has 0 amide bonds. The normalized spacial score (nSPS) is 17.3. The molecule has 1 unspecified atom stereocenters. The summed E-state index contributed by atoms with van der Waals surface area (Å²) in [5.74, 6) is 2.71. The number of benzene rings is 2. The number of aryl methyl sites for hydroxylation is 2. The molecule has 168 valence electrons. The van der Waals surface area contributed by atoms with E-state index in [-0.39, 0.29) is 11.6 Å². The van der Waals surface area contributed by atoms with Crippen molar-refractivity contribution in [3.8, 4) is 5.75 Å². The van der Waals surface area contributed by atoms with Crippen molar-refractivity contribution in [3.05, 3.63) is 83.9 Å². The predicted octanol–water partition coefficient (Wildman–Crippen LogP) is 4.48. The highest BCUT2D eigenvalue weighted by atomic mass is 16.5. The lowest BCUT2D eigenvalue weighted by atomic mass is 9.90. The van der Waals surface area contributed by atoms with Crippen LogP contribution >= 0.6 is 0 Å². The van der Waals surface area contributed by atoms with Gasteiger partial charge in [-0.05, 0) is 38.3 Å². The van der Waals surface area contributed by atoms with Crippen LogP contribution in [0, 0.1) is 0 Å². The van der Waals surface area contributed by atoms with E-state index in [1.165, 1.54) is 5.56 Å². The van der Waals surface area contributed by atoms with Gasteiger partial charge in [-0.1, -0.05) is 48.5 Å². The van der Waals surface area contributed by atoms with Gasteiger partial charge in [0, 0.05) is 38.0 Å². The Bertz CT molecular complexity index is 1040. The van der Waals surface area contributed by atoms with Gasteiger partial charge in [0.1, 0.15) is 17.2 Å². The predicted molar refractivity (Wildman–Crippen MR) is 129 cm³/mol. The first-order valence-electron chi connectivity index (χ1n) is 11.3. The van der Waals surface area contributed by atoms with Crippen LogP contribution in [0.25, 0.3) is 0 Å². The Morgan fingerprint density at radius 3 is 2.75 bits per heavy atom. The summed E-state index contributed by atoms with van der Waals surface area (Å²) in [6, 6.07) is 19.0. The molecule has 32 heavy (non-hydrogen) atoms. The van der Waals surface area contributed by atoms with Gasteiger partial charge in [0.2, 0.25) is 0 Å². The minimum Gasteiger partial charge on any atom is -0.487 e. The summed E-state index contributed by atoms with van der Waals surface area (Å²) < 4.78 is 8.37. The minimum absolute atomic E-state index is 0.131. The second-order valence-electron chi connectivity index (χ2n) is 8.85. The fourth-order valence-electron chi connectivity index (χ4n) is 4.26.